The molecule has 0 spiro atoms. The molecule has 4 nitrogen and oxygen atoms in total. The van der Waals surface area contributed by atoms with Crippen molar-refractivity contribution in [3.8, 4) is 0 Å². The number of rotatable bonds is 7. The van der Waals surface area contributed by atoms with E-state index in [1.54, 1.807) is 7.11 Å². The quantitative estimate of drug-likeness (QED) is 0.784. The van der Waals surface area contributed by atoms with Gasteiger partial charge in [-0.1, -0.05) is 23.7 Å². The number of hydrogen-bond acceptors (Lipinski definition) is 3. The Morgan fingerprint density at radius 2 is 2.36 bits per heavy atom. The highest BCUT2D eigenvalue weighted by atomic mass is 35.5. The Hall–Kier alpha value is -1.10. The summed E-state index contributed by atoms with van der Waals surface area (Å²) in [6.45, 7) is 4.10. The summed E-state index contributed by atoms with van der Waals surface area (Å²) in [5, 5.41) is 3.78. The molecule has 0 aromatic heterocycles. The van der Waals surface area contributed by atoms with Crippen molar-refractivity contribution in [1.29, 1.82) is 0 Å². The van der Waals surface area contributed by atoms with Crippen molar-refractivity contribution in [3.63, 3.8) is 0 Å². The third kappa shape index (κ3) is 5.59. The Bertz CT molecular complexity index is 481. The van der Waals surface area contributed by atoms with Gasteiger partial charge in [0, 0.05) is 38.4 Å². The number of benzene rings is 1. The Morgan fingerprint density at radius 1 is 1.50 bits per heavy atom. The second-order valence-electron chi connectivity index (χ2n) is 5.84. The first kappa shape index (κ1) is 17.3. The van der Waals surface area contributed by atoms with Gasteiger partial charge in [0.15, 0.2) is 0 Å². The third-order valence-corrected chi connectivity index (χ3v) is 4.23. The van der Waals surface area contributed by atoms with E-state index in [1.165, 1.54) is 5.56 Å². The van der Waals surface area contributed by atoms with E-state index in [0.29, 0.717) is 13.2 Å². The number of methoxy groups -OCH3 is 1. The van der Waals surface area contributed by atoms with Crippen LogP contribution < -0.4 is 5.32 Å². The number of piperidine rings is 1. The lowest BCUT2D eigenvalue weighted by Crippen LogP contribution is -2.43. The van der Waals surface area contributed by atoms with E-state index < -0.39 is 0 Å². The van der Waals surface area contributed by atoms with Crippen LogP contribution in [-0.2, 0) is 16.1 Å². The second kappa shape index (κ2) is 9.13. The van der Waals surface area contributed by atoms with Crippen LogP contribution in [0.2, 0.25) is 5.02 Å². The van der Waals surface area contributed by atoms with Gasteiger partial charge >= 0.3 is 0 Å². The molecular weight excluding hydrogens is 300 g/mol. The summed E-state index contributed by atoms with van der Waals surface area (Å²) in [4.78, 5) is 14.6. The van der Waals surface area contributed by atoms with Crippen LogP contribution in [0.1, 0.15) is 24.8 Å². The first-order valence-electron chi connectivity index (χ1n) is 7.92. The van der Waals surface area contributed by atoms with Crippen LogP contribution in [0.3, 0.4) is 0 Å². The third-order valence-electron chi connectivity index (χ3n) is 4.00. The fourth-order valence-corrected chi connectivity index (χ4v) is 3.09. The number of nitrogens with one attached hydrogen (secondary N) is 1. The van der Waals surface area contributed by atoms with Crippen molar-refractivity contribution in [2.75, 3.05) is 33.4 Å². The summed E-state index contributed by atoms with van der Waals surface area (Å²) in [6, 6.07) is 7.94. The van der Waals surface area contributed by atoms with Crippen molar-refractivity contribution in [2.24, 2.45) is 5.92 Å². The van der Waals surface area contributed by atoms with E-state index in [9.17, 15) is 4.79 Å². The molecule has 22 heavy (non-hydrogen) atoms. The summed E-state index contributed by atoms with van der Waals surface area (Å²) in [5.41, 5.74) is 1.20. The number of amides is 1. The zero-order valence-corrected chi connectivity index (χ0v) is 13.9. The van der Waals surface area contributed by atoms with Gasteiger partial charge in [0.2, 0.25) is 5.91 Å². The summed E-state index contributed by atoms with van der Waals surface area (Å²) in [7, 11) is 1.68. The first-order chi connectivity index (χ1) is 10.7. The maximum absolute atomic E-state index is 12.2. The van der Waals surface area contributed by atoms with Crippen molar-refractivity contribution < 1.29 is 9.53 Å². The van der Waals surface area contributed by atoms with Crippen LogP contribution in [0.4, 0.5) is 0 Å². The smallest absolute Gasteiger partial charge is 0.224 e. The minimum Gasteiger partial charge on any atom is -0.385 e. The summed E-state index contributed by atoms with van der Waals surface area (Å²) in [5.74, 6) is 0.266. The highest BCUT2D eigenvalue weighted by Gasteiger charge is 2.25. The summed E-state index contributed by atoms with van der Waals surface area (Å²) in [6.07, 6.45) is 2.90. The van der Waals surface area contributed by atoms with E-state index >= 15 is 0 Å². The van der Waals surface area contributed by atoms with Gasteiger partial charge in [-0.25, -0.2) is 0 Å². The molecule has 1 aliphatic rings. The zero-order valence-electron chi connectivity index (χ0n) is 13.2. The van der Waals surface area contributed by atoms with E-state index in [2.05, 4.69) is 16.3 Å². The van der Waals surface area contributed by atoms with Gasteiger partial charge in [0.1, 0.15) is 0 Å². The zero-order chi connectivity index (χ0) is 15.8. The fraction of sp³-hybridized carbons (Fsp3) is 0.588. The van der Waals surface area contributed by atoms with Gasteiger partial charge in [-0.3, -0.25) is 9.69 Å². The topological polar surface area (TPSA) is 41.6 Å². The molecule has 1 unspecified atom stereocenters. The largest absolute Gasteiger partial charge is 0.385 e. The molecule has 1 aliphatic heterocycles. The average molecular weight is 325 g/mol. The Morgan fingerprint density at radius 3 is 3.14 bits per heavy atom. The molecule has 2 rings (SSSR count). The lowest BCUT2D eigenvalue weighted by molar-refractivity contribution is -0.126. The number of ether oxygens (including phenoxy) is 1. The minimum atomic E-state index is 0.0930. The van der Waals surface area contributed by atoms with Crippen molar-refractivity contribution >= 4 is 17.5 Å². The van der Waals surface area contributed by atoms with Gasteiger partial charge in [0.05, 0.1) is 5.92 Å². The lowest BCUT2D eigenvalue weighted by Gasteiger charge is -2.32. The van der Waals surface area contributed by atoms with Crippen LogP contribution in [-0.4, -0.2) is 44.2 Å². The molecule has 1 aromatic carbocycles. The monoisotopic (exact) mass is 324 g/mol. The van der Waals surface area contributed by atoms with E-state index in [-0.39, 0.29) is 11.8 Å². The van der Waals surface area contributed by atoms with Gasteiger partial charge < -0.3 is 10.1 Å². The maximum atomic E-state index is 12.2. The van der Waals surface area contributed by atoms with Gasteiger partial charge in [-0.2, -0.15) is 0 Å². The van der Waals surface area contributed by atoms with Crippen molar-refractivity contribution in [1.82, 2.24) is 10.2 Å². The Kier molecular flexibility index (Phi) is 7.16. The van der Waals surface area contributed by atoms with Crippen LogP contribution in [0.5, 0.6) is 0 Å². The Labute approximate surface area is 137 Å². The second-order valence-corrected chi connectivity index (χ2v) is 6.28. The highest BCUT2D eigenvalue weighted by molar-refractivity contribution is 6.30. The number of likely N-dealkylation sites (tertiary alicyclic amines) is 1. The van der Waals surface area contributed by atoms with E-state index in [4.69, 9.17) is 16.3 Å². The molecule has 122 valence electrons. The molecule has 0 bridgehead atoms. The molecule has 1 atom stereocenters. The lowest BCUT2D eigenvalue weighted by atomic mass is 9.96. The maximum Gasteiger partial charge on any atom is 0.224 e. The molecule has 1 N–H and O–H groups in total. The summed E-state index contributed by atoms with van der Waals surface area (Å²) < 4.78 is 4.99. The molecule has 1 saturated heterocycles. The predicted octanol–water partition coefficient (Wildman–Crippen LogP) is 2.70. The predicted molar refractivity (Wildman–Crippen MR) is 89.0 cm³/mol. The number of nitrogens with zero attached hydrogens (tertiary/aromatic N) is 1. The SMILES string of the molecule is COCCCNC(=O)C1CCCN(Cc2cccc(Cl)c2)C1. The minimum absolute atomic E-state index is 0.0930. The fourth-order valence-electron chi connectivity index (χ4n) is 2.88. The van der Waals surface area contributed by atoms with Gasteiger partial charge in [-0.05, 0) is 43.5 Å². The standard InChI is InChI=1S/C17H25ClN2O2/c1-22-10-4-8-19-17(21)15-6-3-9-20(13-15)12-14-5-2-7-16(18)11-14/h2,5,7,11,15H,3-4,6,8-10,12-13H2,1H3,(H,19,21). The van der Waals surface area contributed by atoms with Crippen LogP contribution in [0.25, 0.3) is 0 Å². The van der Waals surface area contributed by atoms with Crippen LogP contribution >= 0.6 is 11.6 Å². The van der Waals surface area contributed by atoms with Crippen molar-refractivity contribution in [3.05, 3.63) is 34.9 Å². The number of carbonyl (C=O) groups excluding carboxylic acids is 1. The molecule has 0 radical (unpaired) electrons. The molecule has 5 heteroatoms. The normalized spacial score (nSPS) is 19.1. The van der Waals surface area contributed by atoms with E-state index in [0.717, 1.165) is 43.9 Å². The van der Waals surface area contributed by atoms with Crippen molar-refractivity contribution in [2.45, 2.75) is 25.8 Å². The molecule has 1 heterocycles. The average Bonchev–Trinajstić information content (AvgIpc) is 2.52. The number of hydrogen-bond donors (Lipinski definition) is 1. The van der Waals surface area contributed by atoms with Crippen LogP contribution in [0.15, 0.2) is 24.3 Å². The molecule has 0 aliphatic carbocycles. The number of halogens is 1. The van der Waals surface area contributed by atoms with E-state index in [1.807, 2.05) is 18.2 Å². The number of carbonyl (C=O) groups is 1. The first-order valence-corrected chi connectivity index (χ1v) is 8.30. The highest BCUT2D eigenvalue weighted by Crippen LogP contribution is 2.20. The summed E-state index contributed by atoms with van der Waals surface area (Å²) >= 11 is 6.03. The van der Waals surface area contributed by atoms with Gasteiger partial charge in [-0.15, -0.1) is 0 Å². The molecule has 1 amide bonds. The van der Waals surface area contributed by atoms with Gasteiger partial charge in [0.25, 0.3) is 0 Å². The molecule has 0 saturated carbocycles. The molecular formula is C17H25ClN2O2. The Balaban J connectivity index is 1.79. The molecule has 1 fully saturated rings. The molecule has 1 aromatic rings. The van der Waals surface area contributed by atoms with Crippen LogP contribution in [0, 0.1) is 5.92 Å².